The molecule has 0 saturated heterocycles. The van der Waals surface area contributed by atoms with Gasteiger partial charge in [-0.3, -0.25) is 0 Å². The molecular formula is C72H82O2S2Zr-2. The predicted molar refractivity (Wildman–Crippen MR) is 330 cm³/mol. The Morgan fingerprint density at radius 1 is 0.390 bits per heavy atom. The zero-order valence-electron chi connectivity index (χ0n) is 47.1. The standard InChI is InChI=1S/C58H68O2S2.2C7H7.Zr/c1-55(2,3)47-35-41(53(59)49(37-47)57(7,43-25-15-11-16-26-43)44-27-17-12-18-28-44)39-61-51-33-23-9-10-24-34-52(51)62-40-42-36-48(56(4,5)6)38-50(54(42)60)58(8,45-29-19-13-20-30-45)46-31-21-14-22-32-46;2*1-7-5-3-2-4-6-7;/h11-22,25-32,35-38,51-52,59-60H,9-10,23-24,33-34,39-40H2,1-8H3;2*2-6H,1H2;/q;2*-1;/t51-,52?;;;/m0.../s1. The van der Waals surface area contributed by atoms with E-state index in [1.807, 2.05) is 60.7 Å². The second-order valence-electron chi connectivity index (χ2n) is 23.5. The monoisotopic (exact) mass is 1130 g/mol. The third-order valence-electron chi connectivity index (χ3n) is 16.0. The molecule has 2 N–H and O–H groups in total. The third kappa shape index (κ3) is 13.8. The Labute approximate surface area is 475 Å². The van der Waals surface area contributed by atoms with Crippen LogP contribution in [0.5, 0.6) is 11.5 Å². The predicted octanol–water partition coefficient (Wildman–Crippen LogP) is 19.4. The molecule has 1 fully saturated rings. The van der Waals surface area contributed by atoms with Crippen LogP contribution in [-0.4, -0.2) is 20.7 Å². The first kappa shape index (κ1) is 57.8. The molecule has 10 rings (SSSR count). The van der Waals surface area contributed by atoms with Gasteiger partial charge >= 0.3 is 394 Å². The average molecular weight is 1130 g/mol. The number of phenolic OH excluding ortho intramolecular Hbond substituents is 2. The molecule has 8 aromatic carbocycles. The van der Waals surface area contributed by atoms with Gasteiger partial charge in [-0.1, -0.05) is 12.1 Å². The van der Waals surface area contributed by atoms with Crippen molar-refractivity contribution >= 4 is 14.2 Å². The summed E-state index contributed by atoms with van der Waals surface area (Å²) in [5, 5.41) is 27.0. The second-order valence-corrected chi connectivity index (χ2v) is 39.1. The Hall–Kier alpha value is -5.32. The first-order valence-corrected chi connectivity index (χ1v) is 36.7. The molecule has 1 saturated carbocycles. The Morgan fingerprint density at radius 2 is 0.662 bits per heavy atom. The molecule has 0 radical (unpaired) electrons. The van der Waals surface area contributed by atoms with Gasteiger partial charge in [-0.2, -0.15) is 49.2 Å². The molecule has 77 heavy (non-hydrogen) atoms. The van der Waals surface area contributed by atoms with Crippen LogP contribution >= 0.6 is 14.2 Å². The van der Waals surface area contributed by atoms with Gasteiger partial charge in [0.2, 0.25) is 0 Å². The molecule has 0 aromatic heterocycles. The Morgan fingerprint density at radius 3 is 0.909 bits per heavy atom. The number of hydrogen-bond donors (Lipinski definition) is 2. The Kier molecular flexibility index (Phi) is 19.3. The zero-order chi connectivity index (χ0) is 54.8. The van der Waals surface area contributed by atoms with Crippen molar-refractivity contribution in [3.05, 3.63) is 287 Å². The SMILES string of the molecule is CC(C)(C)c1cc(C[S]2=[Zr]=[S@@](Cc3cc(C(C)(C)C)cc(C(C)(c4ccccc4)c4ccccc4)c3O)C3CCCCCC[C@@H]32)c(O)c(C(C)(c2ccccc2)c2ccccc2)c1.[CH2-]c1ccccc1.[CH2-]c1ccccc1. The van der Waals surface area contributed by atoms with E-state index in [1.54, 1.807) is 0 Å². The number of aromatic hydroxyl groups is 2. The number of hydrogen-bond acceptors (Lipinski definition) is 2. The summed E-state index contributed by atoms with van der Waals surface area (Å²) in [5.41, 5.74) is 12.6. The number of fused-ring (bicyclic) bond motifs is 1. The second kappa shape index (κ2) is 25.6. The van der Waals surface area contributed by atoms with Crippen molar-refractivity contribution in [3.8, 4) is 11.5 Å². The molecule has 0 bridgehead atoms. The molecule has 0 amide bonds. The Bertz CT molecular complexity index is 2950. The molecule has 1 aliphatic carbocycles. The number of phenols is 2. The van der Waals surface area contributed by atoms with E-state index in [2.05, 4.69) is 215 Å². The van der Waals surface area contributed by atoms with Crippen LogP contribution in [0.2, 0.25) is 0 Å². The summed E-state index contributed by atoms with van der Waals surface area (Å²) in [6.45, 7) is 26.0. The van der Waals surface area contributed by atoms with Crippen LogP contribution in [0.25, 0.3) is 0 Å². The maximum Gasteiger partial charge on any atom is -0.0866 e. The molecule has 5 heteroatoms. The van der Waals surface area contributed by atoms with E-state index in [0.29, 0.717) is 22.0 Å². The molecule has 400 valence electrons. The smallest absolute Gasteiger partial charge is 0.0866 e. The van der Waals surface area contributed by atoms with Gasteiger partial charge in [0.05, 0.1) is 0 Å². The Balaban J connectivity index is 0.000000485. The van der Waals surface area contributed by atoms with Crippen LogP contribution < -0.4 is 0 Å². The van der Waals surface area contributed by atoms with Crippen molar-refractivity contribution < 1.29 is 29.4 Å². The molecule has 8 aromatic rings. The molecular weight excluding hydrogens is 1050 g/mol. The van der Waals surface area contributed by atoms with E-state index in [9.17, 15) is 10.2 Å². The van der Waals surface area contributed by atoms with Gasteiger partial charge in [0.1, 0.15) is 0 Å². The molecule has 2 aliphatic rings. The minimum absolute atomic E-state index is 0.0847. The van der Waals surface area contributed by atoms with Crippen LogP contribution in [0.4, 0.5) is 0 Å². The van der Waals surface area contributed by atoms with E-state index in [1.165, 1.54) is 71.9 Å². The van der Waals surface area contributed by atoms with Crippen LogP contribution in [0, 0.1) is 13.8 Å². The van der Waals surface area contributed by atoms with Crippen LogP contribution in [0.15, 0.2) is 206 Å². The van der Waals surface area contributed by atoms with Gasteiger partial charge in [-0.15, -0.1) is 24.3 Å². The third-order valence-corrected chi connectivity index (χ3v) is 37.8. The summed E-state index contributed by atoms with van der Waals surface area (Å²) in [6.07, 6.45) is 7.88. The van der Waals surface area contributed by atoms with Gasteiger partial charge in [-0.25, -0.2) is 0 Å². The normalized spacial score (nSPS) is 17.6. The summed E-state index contributed by atoms with van der Waals surface area (Å²) >= 11 is -1.01. The maximum absolute atomic E-state index is 12.8. The summed E-state index contributed by atoms with van der Waals surface area (Å²) in [5.74, 6) is 2.91. The first-order chi connectivity index (χ1) is 36.9. The first-order valence-electron chi connectivity index (χ1n) is 27.7. The average Bonchev–Trinajstić information content (AvgIpc) is 3.76. The van der Waals surface area contributed by atoms with Crippen molar-refractivity contribution in [2.24, 2.45) is 0 Å². The molecule has 0 spiro atoms. The van der Waals surface area contributed by atoms with E-state index in [0.717, 1.165) is 44.9 Å². The van der Waals surface area contributed by atoms with Gasteiger partial charge in [0.25, 0.3) is 0 Å². The molecule has 2 nitrogen and oxygen atoms in total. The fourth-order valence-electron chi connectivity index (χ4n) is 11.2. The molecule has 2 unspecified atom stereocenters. The van der Waals surface area contributed by atoms with Crippen LogP contribution in [-0.2, 0) is 52.3 Å². The molecule has 1 heterocycles. The van der Waals surface area contributed by atoms with Crippen molar-refractivity contribution in [2.75, 3.05) is 0 Å². The summed E-state index contributed by atoms with van der Waals surface area (Å²) in [4.78, 5) is 0. The van der Waals surface area contributed by atoms with E-state index >= 15 is 0 Å². The van der Waals surface area contributed by atoms with Gasteiger partial charge in [0, 0.05) is 0 Å². The molecule has 1 aliphatic heterocycles. The van der Waals surface area contributed by atoms with E-state index in [-0.39, 0.29) is 25.1 Å². The van der Waals surface area contributed by atoms with Gasteiger partial charge < -0.3 is 0 Å². The minimum Gasteiger partial charge on any atom is -0.199 e. The molecule has 4 atom stereocenters. The summed E-state index contributed by atoms with van der Waals surface area (Å²) < 4.78 is 0. The van der Waals surface area contributed by atoms with Crippen LogP contribution in [0.3, 0.4) is 0 Å². The van der Waals surface area contributed by atoms with Gasteiger partial charge in [-0.05, 0) is 0 Å². The van der Waals surface area contributed by atoms with Crippen LogP contribution in [0.1, 0.15) is 161 Å². The maximum atomic E-state index is 12.8. The van der Waals surface area contributed by atoms with Crippen molar-refractivity contribution in [2.45, 2.75) is 138 Å². The summed E-state index contributed by atoms with van der Waals surface area (Å²) in [7, 11) is 0.486. The largest absolute Gasteiger partial charge is 0.199 e. The minimum atomic E-state index is -1.01. The topological polar surface area (TPSA) is 40.5 Å². The fourth-order valence-corrected chi connectivity index (χ4v) is 40.0. The zero-order valence-corrected chi connectivity index (χ0v) is 51.2. The number of rotatable bonds is 10. The van der Waals surface area contributed by atoms with Crippen molar-refractivity contribution in [1.29, 1.82) is 0 Å². The van der Waals surface area contributed by atoms with Crippen molar-refractivity contribution in [1.82, 2.24) is 0 Å². The van der Waals surface area contributed by atoms with Gasteiger partial charge in [0.15, 0.2) is 0 Å². The van der Waals surface area contributed by atoms with Crippen molar-refractivity contribution in [3.63, 3.8) is 0 Å². The number of benzene rings is 8. The van der Waals surface area contributed by atoms with E-state index in [4.69, 9.17) is 0 Å². The van der Waals surface area contributed by atoms with E-state index < -0.39 is 30.0 Å². The fraction of sp³-hybridized carbons (Fsp3) is 0.306. The quantitative estimate of drug-likeness (QED) is 0.106. The summed E-state index contributed by atoms with van der Waals surface area (Å²) in [6, 6.07) is 72.4.